The number of piperidine rings is 1. The zero-order valence-corrected chi connectivity index (χ0v) is 17.1. The summed E-state index contributed by atoms with van der Waals surface area (Å²) >= 11 is 0. The normalized spacial score (nSPS) is 17.3. The van der Waals surface area contributed by atoms with Gasteiger partial charge in [0, 0.05) is 43.9 Å². The Labute approximate surface area is 174 Å². The molecule has 3 aromatic rings. The van der Waals surface area contributed by atoms with Gasteiger partial charge in [-0.05, 0) is 44.7 Å². The molecule has 10 heteroatoms. The Morgan fingerprint density at radius 2 is 2.07 bits per heavy atom. The summed E-state index contributed by atoms with van der Waals surface area (Å²) in [6.07, 6.45) is 6.10. The molecule has 1 saturated carbocycles. The number of amides is 2. The molecule has 2 aliphatic rings. The minimum absolute atomic E-state index is 0.0987. The molecule has 1 aliphatic carbocycles. The molecular formula is C20H27N9O. The molecule has 4 N–H and O–H groups in total. The van der Waals surface area contributed by atoms with Crippen LogP contribution in [0.15, 0.2) is 24.4 Å². The third-order valence-electron chi connectivity index (χ3n) is 5.67. The van der Waals surface area contributed by atoms with Crippen LogP contribution in [-0.4, -0.2) is 56.3 Å². The molecular weight excluding hydrogens is 382 g/mol. The first-order valence-corrected chi connectivity index (χ1v) is 10.7. The molecule has 1 aliphatic heterocycles. The Morgan fingerprint density at radius 1 is 1.23 bits per heavy atom. The van der Waals surface area contributed by atoms with Gasteiger partial charge in [0.2, 0.25) is 11.9 Å². The molecule has 0 spiro atoms. The van der Waals surface area contributed by atoms with E-state index in [1.54, 1.807) is 0 Å². The lowest BCUT2D eigenvalue weighted by Crippen LogP contribution is -2.48. The van der Waals surface area contributed by atoms with Gasteiger partial charge in [0.15, 0.2) is 0 Å². The second kappa shape index (κ2) is 7.85. The van der Waals surface area contributed by atoms with Crippen molar-refractivity contribution in [3.63, 3.8) is 0 Å². The minimum atomic E-state index is -0.0987. The average molecular weight is 409 g/mol. The highest BCUT2D eigenvalue weighted by atomic mass is 16.2. The summed E-state index contributed by atoms with van der Waals surface area (Å²) in [5.41, 5.74) is 1.95. The van der Waals surface area contributed by atoms with Crippen LogP contribution in [0.3, 0.4) is 0 Å². The number of urea groups is 1. The van der Waals surface area contributed by atoms with E-state index in [0.717, 1.165) is 43.1 Å². The van der Waals surface area contributed by atoms with E-state index in [1.165, 1.54) is 12.8 Å². The van der Waals surface area contributed by atoms with Crippen molar-refractivity contribution in [3.05, 3.63) is 30.1 Å². The lowest BCUT2D eigenvalue weighted by Gasteiger charge is -2.32. The van der Waals surface area contributed by atoms with Crippen LogP contribution < -0.4 is 20.9 Å². The van der Waals surface area contributed by atoms with Crippen molar-refractivity contribution in [1.82, 2.24) is 35.2 Å². The first kappa shape index (κ1) is 18.7. The van der Waals surface area contributed by atoms with E-state index < -0.39 is 0 Å². The van der Waals surface area contributed by atoms with Crippen molar-refractivity contribution in [2.45, 2.75) is 44.6 Å². The molecule has 30 heavy (non-hydrogen) atoms. The van der Waals surface area contributed by atoms with Crippen molar-refractivity contribution in [2.24, 2.45) is 0 Å². The summed E-state index contributed by atoms with van der Waals surface area (Å²) in [5, 5.41) is 16.7. The van der Waals surface area contributed by atoms with Crippen molar-refractivity contribution < 1.29 is 4.79 Å². The quantitative estimate of drug-likeness (QED) is 0.497. The predicted molar refractivity (Wildman–Crippen MR) is 114 cm³/mol. The van der Waals surface area contributed by atoms with E-state index in [9.17, 15) is 4.79 Å². The summed E-state index contributed by atoms with van der Waals surface area (Å²) in [5.74, 6) is 2.83. The van der Waals surface area contributed by atoms with Crippen LogP contribution in [0, 0.1) is 0 Å². The number of aromatic amines is 1. The fourth-order valence-electron chi connectivity index (χ4n) is 3.88. The SMILES string of the molecule is CCNC(=O)NC1CCN(c2nc(Nc3cc(C4CC4)n[nH]3)n3cccc3n2)CC1. The summed E-state index contributed by atoms with van der Waals surface area (Å²) < 4.78 is 1.94. The van der Waals surface area contributed by atoms with Crippen LogP contribution in [0.5, 0.6) is 0 Å². The molecule has 2 amide bonds. The third kappa shape index (κ3) is 3.89. The van der Waals surface area contributed by atoms with Gasteiger partial charge in [-0.25, -0.2) is 4.79 Å². The minimum Gasteiger partial charge on any atom is -0.341 e. The van der Waals surface area contributed by atoms with Gasteiger partial charge in [-0.1, -0.05) is 0 Å². The van der Waals surface area contributed by atoms with Crippen LogP contribution in [-0.2, 0) is 0 Å². The largest absolute Gasteiger partial charge is 0.341 e. The van der Waals surface area contributed by atoms with Crippen LogP contribution >= 0.6 is 0 Å². The average Bonchev–Trinajstić information content (AvgIpc) is 3.29. The third-order valence-corrected chi connectivity index (χ3v) is 5.67. The van der Waals surface area contributed by atoms with E-state index in [4.69, 9.17) is 9.97 Å². The topological polar surface area (TPSA) is 115 Å². The van der Waals surface area contributed by atoms with Crippen LogP contribution in [0.4, 0.5) is 22.5 Å². The number of anilines is 3. The first-order valence-electron chi connectivity index (χ1n) is 10.7. The molecule has 5 rings (SSSR count). The standard InChI is InChI=1S/C20H27N9O/c1-2-21-20(30)22-14-7-10-28(11-8-14)18-24-17-4-3-9-29(17)19(25-18)23-16-12-15(26-27-16)13-5-6-13/h3-4,9,12-14H,2,5-8,10-11H2,1H3,(H2,21,22,30)(H2,23,24,25,26,27). The summed E-state index contributed by atoms with van der Waals surface area (Å²) in [7, 11) is 0. The van der Waals surface area contributed by atoms with Gasteiger partial charge < -0.3 is 20.9 Å². The highest BCUT2D eigenvalue weighted by Crippen LogP contribution is 2.39. The number of carbonyl (C=O) groups is 1. The molecule has 0 unspecified atom stereocenters. The monoisotopic (exact) mass is 409 g/mol. The summed E-state index contributed by atoms with van der Waals surface area (Å²) in [4.78, 5) is 23.5. The maximum Gasteiger partial charge on any atom is 0.314 e. The number of rotatable bonds is 6. The molecule has 0 bridgehead atoms. The lowest BCUT2D eigenvalue weighted by atomic mass is 10.1. The maximum atomic E-state index is 11.8. The molecule has 0 atom stereocenters. The van der Waals surface area contributed by atoms with Gasteiger partial charge in [-0.15, -0.1) is 0 Å². The van der Waals surface area contributed by atoms with Gasteiger partial charge >= 0.3 is 6.03 Å². The van der Waals surface area contributed by atoms with Crippen LogP contribution in [0.1, 0.15) is 44.2 Å². The zero-order chi connectivity index (χ0) is 20.5. The fraction of sp³-hybridized carbons (Fsp3) is 0.500. The van der Waals surface area contributed by atoms with E-state index >= 15 is 0 Å². The van der Waals surface area contributed by atoms with E-state index in [0.29, 0.717) is 24.4 Å². The van der Waals surface area contributed by atoms with Crippen LogP contribution in [0.25, 0.3) is 5.65 Å². The highest BCUT2D eigenvalue weighted by molar-refractivity contribution is 5.74. The molecule has 10 nitrogen and oxygen atoms in total. The van der Waals surface area contributed by atoms with Crippen molar-refractivity contribution in [1.29, 1.82) is 0 Å². The lowest BCUT2D eigenvalue weighted by molar-refractivity contribution is 0.235. The summed E-state index contributed by atoms with van der Waals surface area (Å²) in [6.45, 7) is 4.13. The first-order chi connectivity index (χ1) is 14.7. The Morgan fingerprint density at radius 3 is 2.83 bits per heavy atom. The molecule has 0 radical (unpaired) electrons. The maximum absolute atomic E-state index is 11.8. The number of hydrogen-bond acceptors (Lipinski definition) is 6. The Bertz CT molecular complexity index is 1030. The smallest absolute Gasteiger partial charge is 0.314 e. The molecule has 3 aromatic heterocycles. The Balaban J connectivity index is 1.31. The number of H-pyrrole nitrogens is 1. The van der Waals surface area contributed by atoms with Gasteiger partial charge in [0.1, 0.15) is 11.5 Å². The molecule has 1 saturated heterocycles. The highest BCUT2D eigenvalue weighted by Gasteiger charge is 2.26. The fourth-order valence-corrected chi connectivity index (χ4v) is 3.88. The van der Waals surface area contributed by atoms with Gasteiger partial charge in [-0.3, -0.25) is 9.50 Å². The number of hydrogen-bond donors (Lipinski definition) is 4. The molecule has 158 valence electrons. The van der Waals surface area contributed by atoms with Crippen molar-refractivity contribution >= 4 is 29.4 Å². The second-order valence-electron chi connectivity index (χ2n) is 7.95. The van der Waals surface area contributed by atoms with E-state index in [2.05, 4.69) is 37.1 Å². The van der Waals surface area contributed by atoms with Gasteiger partial charge in [0.05, 0.1) is 5.69 Å². The van der Waals surface area contributed by atoms with Gasteiger partial charge in [-0.2, -0.15) is 15.1 Å². The molecule has 2 fully saturated rings. The van der Waals surface area contributed by atoms with Crippen molar-refractivity contribution in [3.8, 4) is 0 Å². The summed E-state index contributed by atoms with van der Waals surface area (Å²) in [6, 6.07) is 6.08. The zero-order valence-electron chi connectivity index (χ0n) is 17.1. The number of carbonyl (C=O) groups excluding carboxylic acids is 1. The Hall–Kier alpha value is -3.30. The van der Waals surface area contributed by atoms with Gasteiger partial charge in [0.25, 0.3) is 0 Å². The number of aromatic nitrogens is 5. The molecule has 4 heterocycles. The number of fused-ring (bicyclic) bond motifs is 1. The van der Waals surface area contributed by atoms with Crippen LogP contribution in [0.2, 0.25) is 0 Å². The molecule has 0 aromatic carbocycles. The predicted octanol–water partition coefficient (Wildman–Crippen LogP) is 2.36. The second-order valence-corrected chi connectivity index (χ2v) is 7.95. The van der Waals surface area contributed by atoms with E-state index in [-0.39, 0.29) is 12.1 Å². The number of nitrogens with one attached hydrogen (secondary N) is 4. The van der Waals surface area contributed by atoms with Crippen molar-refractivity contribution in [2.75, 3.05) is 29.9 Å². The Kier molecular flexibility index (Phi) is 4.89. The van der Waals surface area contributed by atoms with E-state index in [1.807, 2.05) is 29.7 Å². The number of nitrogens with zero attached hydrogens (tertiary/aromatic N) is 5.